The van der Waals surface area contributed by atoms with Crippen LogP contribution in [0, 0.1) is 0 Å². The molecule has 2 heterocycles. The molecule has 1 aliphatic rings. The highest BCUT2D eigenvalue weighted by Crippen LogP contribution is 2.26. The highest BCUT2D eigenvalue weighted by molar-refractivity contribution is 5.49. The molecule has 2 rings (SSSR count). The largest absolute Gasteiger partial charge is 0.475 e. The molecule has 0 saturated carbocycles. The van der Waals surface area contributed by atoms with Gasteiger partial charge >= 0.3 is 0 Å². The van der Waals surface area contributed by atoms with E-state index in [0.717, 1.165) is 19.4 Å². The van der Waals surface area contributed by atoms with Crippen molar-refractivity contribution in [1.29, 1.82) is 0 Å². The monoisotopic (exact) mass is 266 g/mol. The maximum Gasteiger partial charge on any atom is 0.241 e. The van der Waals surface area contributed by atoms with Crippen LogP contribution in [0.1, 0.15) is 33.6 Å². The van der Waals surface area contributed by atoms with Gasteiger partial charge in [-0.1, -0.05) is 0 Å². The van der Waals surface area contributed by atoms with E-state index < -0.39 is 0 Å². The predicted molar refractivity (Wildman–Crippen MR) is 73.5 cm³/mol. The van der Waals surface area contributed by atoms with E-state index in [1.54, 1.807) is 12.1 Å². The first kappa shape index (κ1) is 13.9. The molecule has 0 spiro atoms. The second-order valence-electron chi connectivity index (χ2n) is 5.70. The predicted octanol–water partition coefficient (Wildman–Crippen LogP) is 2.40. The Bertz CT molecular complexity index is 423. The number of nitrogen functional groups attached to an aromatic ring is 1. The standard InChI is InChI=1S/C14H22N2O3/c1-14(2,3)19-13-11(15)6-7-12(16-13)18-9-10-5-4-8-17-10/h6-7,10H,4-5,8-9,15H2,1-3H3. The van der Waals surface area contributed by atoms with Gasteiger partial charge < -0.3 is 19.9 Å². The van der Waals surface area contributed by atoms with E-state index in [4.69, 9.17) is 19.9 Å². The van der Waals surface area contributed by atoms with Crippen molar-refractivity contribution in [1.82, 2.24) is 4.98 Å². The maximum absolute atomic E-state index is 5.85. The van der Waals surface area contributed by atoms with E-state index in [0.29, 0.717) is 24.1 Å². The molecular weight excluding hydrogens is 244 g/mol. The number of ether oxygens (including phenoxy) is 3. The summed E-state index contributed by atoms with van der Waals surface area (Å²) in [6, 6.07) is 3.50. The Balaban J connectivity index is 1.99. The van der Waals surface area contributed by atoms with Crippen LogP contribution in [-0.2, 0) is 4.74 Å². The molecule has 1 aromatic rings. The van der Waals surface area contributed by atoms with Gasteiger partial charge in [-0.25, -0.2) is 0 Å². The van der Waals surface area contributed by atoms with E-state index >= 15 is 0 Å². The van der Waals surface area contributed by atoms with Crippen LogP contribution >= 0.6 is 0 Å². The van der Waals surface area contributed by atoms with E-state index in [2.05, 4.69) is 4.98 Å². The molecule has 0 bridgehead atoms. The lowest BCUT2D eigenvalue weighted by atomic mass is 10.2. The molecule has 1 aliphatic heterocycles. The topological polar surface area (TPSA) is 66.6 Å². The highest BCUT2D eigenvalue weighted by Gasteiger charge is 2.18. The van der Waals surface area contributed by atoms with Crippen LogP contribution in [-0.4, -0.2) is 29.9 Å². The van der Waals surface area contributed by atoms with Crippen molar-refractivity contribution in [3.63, 3.8) is 0 Å². The van der Waals surface area contributed by atoms with Gasteiger partial charge in [-0.05, 0) is 39.7 Å². The first-order valence-corrected chi connectivity index (χ1v) is 6.64. The summed E-state index contributed by atoms with van der Waals surface area (Å²) in [5.41, 5.74) is 6.02. The zero-order valence-corrected chi connectivity index (χ0v) is 11.8. The van der Waals surface area contributed by atoms with E-state index in [1.165, 1.54) is 0 Å². The van der Waals surface area contributed by atoms with Crippen molar-refractivity contribution in [2.75, 3.05) is 18.9 Å². The molecule has 0 amide bonds. The van der Waals surface area contributed by atoms with Crippen LogP contribution in [0.4, 0.5) is 5.69 Å². The van der Waals surface area contributed by atoms with Crippen LogP contribution in [0.15, 0.2) is 12.1 Å². The number of nitrogens with two attached hydrogens (primary N) is 1. The zero-order chi connectivity index (χ0) is 13.9. The SMILES string of the molecule is CC(C)(C)Oc1nc(OCC2CCCO2)ccc1N. The quantitative estimate of drug-likeness (QED) is 0.906. The summed E-state index contributed by atoms with van der Waals surface area (Å²) in [6.45, 7) is 7.20. The van der Waals surface area contributed by atoms with Crippen LogP contribution in [0.25, 0.3) is 0 Å². The molecule has 1 saturated heterocycles. The summed E-state index contributed by atoms with van der Waals surface area (Å²) in [5, 5.41) is 0. The third kappa shape index (κ3) is 4.28. The normalized spacial score (nSPS) is 19.4. The molecule has 1 fully saturated rings. The van der Waals surface area contributed by atoms with Gasteiger partial charge in [-0.3, -0.25) is 0 Å². The summed E-state index contributed by atoms with van der Waals surface area (Å²) in [6.07, 6.45) is 2.31. The van der Waals surface area contributed by atoms with Gasteiger partial charge in [0.05, 0.1) is 11.8 Å². The number of aromatic nitrogens is 1. The highest BCUT2D eigenvalue weighted by atomic mass is 16.5. The van der Waals surface area contributed by atoms with Crippen LogP contribution in [0.3, 0.4) is 0 Å². The Morgan fingerprint density at radius 2 is 2.21 bits per heavy atom. The zero-order valence-electron chi connectivity index (χ0n) is 11.8. The molecule has 0 aromatic carbocycles. The van der Waals surface area contributed by atoms with Gasteiger partial charge in [0.2, 0.25) is 11.8 Å². The summed E-state index contributed by atoms with van der Waals surface area (Å²) in [4.78, 5) is 4.29. The molecule has 0 radical (unpaired) electrons. The summed E-state index contributed by atoms with van der Waals surface area (Å²) >= 11 is 0. The van der Waals surface area contributed by atoms with E-state index in [-0.39, 0.29) is 11.7 Å². The Kier molecular flexibility index (Phi) is 4.14. The van der Waals surface area contributed by atoms with Crippen molar-refractivity contribution < 1.29 is 14.2 Å². The van der Waals surface area contributed by atoms with Crippen molar-refractivity contribution in [2.45, 2.75) is 45.3 Å². The fraction of sp³-hybridized carbons (Fsp3) is 0.643. The first-order valence-electron chi connectivity index (χ1n) is 6.64. The van der Waals surface area contributed by atoms with Gasteiger partial charge in [0.25, 0.3) is 0 Å². The maximum atomic E-state index is 5.85. The smallest absolute Gasteiger partial charge is 0.241 e. The average molecular weight is 266 g/mol. The Morgan fingerprint density at radius 3 is 2.84 bits per heavy atom. The minimum Gasteiger partial charge on any atom is -0.475 e. The number of pyridine rings is 1. The van der Waals surface area contributed by atoms with Crippen LogP contribution < -0.4 is 15.2 Å². The molecule has 106 valence electrons. The lowest BCUT2D eigenvalue weighted by molar-refractivity contribution is 0.0653. The molecule has 1 atom stereocenters. The molecule has 5 heteroatoms. The Labute approximate surface area is 114 Å². The molecule has 19 heavy (non-hydrogen) atoms. The lowest BCUT2D eigenvalue weighted by Crippen LogP contribution is -2.24. The van der Waals surface area contributed by atoms with Crippen LogP contribution in [0.2, 0.25) is 0 Å². The molecule has 0 aliphatic carbocycles. The minimum atomic E-state index is -0.339. The number of nitrogens with zero attached hydrogens (tertiary/aromatic N) is 1. The van der Waals surface area contributed by atoms with Gasteiger partial charge in [-0.15, -0.1) is 0 Å². The average Bonchev–Trinajstić information content (AvgIpc) is 2.81. The third-order valence-corrected chi connectivity index (χ3v) is 2.71. The number of hydrogen-bond donors (Lipinski definition) is 1. The van der Waals surface area contributed by atoms with Crippen molar-refractivity contribution in [3.8, 4) is 11.8 Å². The van der Waals surface area contributed by atoms with Crippen molar-refractivity contribution >= 4 is 5.69 Å². The van der Waals surface area contributed by atoms with Gasteiger partial charge in [0.1, 0.15) is 12.2 Å². The summed E-state index contributed by atoms with van der Waals surface area (Å²) < 4.78 is 16.8. The molecular formula is C14H22N2O3. The summed E-state index contributed by atoms with van der Waals surface area (Å²) in [7, 11) is 0. The number of anilines is 1. The number of rotatable bonds is 4. The Hall–Kier alpha value is -1.49. The molecule has 2 N–H and O–H groups in total. The van der Waals surface area contributed by atoms with Gasteiger partial charge in [-0.2, -0.15) is 4.98 Å². The fourth-order valence-electron chi connectivity index (χ4n) is 1.84. The summed E-state index contributed by atoms with van der Waals surface area (Å²) in [5.74, 6) is 0.932. The lowest BCUT2D eigenvalue weighted by Gasteiger charge is -2.21. The van der Waals surface area contributed by atoms with Crippen molar-refractivity contribution in [2.24, 2.45) is 0 Å². The van der Waals surface area contributed by atoms with Crippen LogP contribution in [0.5, 0.6) is 11.8 Å². The Morgan fingerprint density at radius 1 is 1.42 bits per heavy atom. The van der Waals surface area contributed by atoms with Crippen molar-refractivity contribution in [3.05, 3.63) is 12.1 Å². The van der Waals surface area contributed by atoms with E-state index in [1.807, 2.05) is 20.8 Å². The molecule has 1 unspecified atom stereocenters. The fourth-order valence-corrected chi connectivity index (χ4v) is 1.84. The van der Waals surface area contributed by atoms with Gasteiger partial charge in [0, 0.05) is 12.7 Å². The molecule has 1 aromatic heterocycles. The minimum absolute atomic E-state index is 0.173. The van der Waals surface area contributed by atoms with E-state index in [9.17, 15) is 0 Å². The molecule has 5 nitrogen and oxygen atoms in total. The number of hydrogen-bond acceptors (Lipinski definition) is 5. The third-order valence-electron chi connectivity index (χ3n) is 2.71. The van der Waals surface area contributed by atoms with Gasteiger partial charge in [0.15, 0.2) is 0 Å². The second-order valence-corrected chi connectivity index (χ2v) is 5.70. The second kappa shape index (κ2) is 5.65. The first-order chi connectivity index (χ1) is 8.94.